The smallest absolute Gasteiger partial charge is 0.183 e. The molecule has 0 spiro atoms. The van der Waals surface area contributed by atoms with Gasteiger partial charge in [-0.25, -0.2) is 13.2 Å². The summed E-state index contributed by atoms with van der Waals surface area (Å²) in [5, 5.41) is 5.32. The van der Waals surface area contributed by atoms with Crippen LogP contribution in [-0.4, -0.2) is 5.16 Å². The van der Waals surface area contributed by atoms with Crippen molar-refractivity contribution in [2.45, 2.75) is 0 Å². The number of thiophene rings is 1. The number of benzene rings is 1. The average molecular weight is 296 g/mol. The normalized spacial score (nSPS) is 10.9. The Morgan fingerprint density at radius 3 is 2.40 bits per heavy atom. The van der Waals surface area contributed by atoms with E-state index in [0.717, 1.165) is 0 Å². The lowest BCUT2D eigenvalue weighted by atomic mass is 10.1. The lowest BCUT2D eigenvalue weighted by molar-refractivity contribution is 0.429. The largest absolute Gasteiger partial charge is 0.380 e. The van der Waals surface area contributed by atoms with Gasteiger partial charge in [0, 0.05) is 17.0 Å². The fraction of sp³-hybridized carbons (Fsp3) is 0. The Labute approximate surface area is 115 Å². The molecule has 7 heteroatoms. The molecule has 0 amide bonds. The van der Waals surface area contributed by atoms with Crippen molar-refractivity contribution in [1.82, 2.24) is 5.16 Å². The molecule has 20 heavy (non-hydrogen) atoms. The second-order valence-corrected chi connectivity index (χ2v) is 4.94. The minimum absolute atomic E-state index is 0.0191. The lowest BCUT2D eigenvalue weighted by Gasteiger charge is -2.04. The predicted molar refractivity (Wildman–Crippen MR) is 69.5 cm³/mol. The first-order valence-electron chi connectivity index (χ1n) is 5.52. The van der Waals surface area contributed by atoms with Crippen LogP contribution in [0.15, 0.2) is 34.2 Å². The van der Waals surface area contributed by atoms with E-state index < -0.39 is 23.0 Å². The molecule has 0 atom stereocenters. The van der Waals surface area contributed by atoms with Crippen molar-refractivity contribution in [3.8, 4) is 21.8 Å². The molecule has 0 unspecified atom stereocenters. The van der Waals surface area contributed by atoms with E-state index >= 15 is 0 Å². The third kappa shape index (κ3) is 1.96. The Balaban J connectivity index is 2.27. The number of hydrogen-bond donors (Lipinski definition) is 1. The number of nitrogens with zero attached hydrogens (tertiary/aromatic N) is 1. The third-order valence-electron chi connectivity index (χ3n) is 2.72. The molecule has 0 aliphatic carbocycles. The van der Waals surface area contributed by atoms with Gasteiger partial charge in [0.1, 0.15) is 17.5 Å². The van der Waals surface area contributed by atoms with Crippen molar-refractivity contribution in [2.24, 2.45) is 0 Å². The van der Waals surface area contributed by atoms with Gasteiger partial charge in [0.25, 0.3) is 0 Å². The topological polar surface area (TPSA) is 52.0 Å². The molecule has 0 bridgehead atoms. The number of halogens is 3. The summed E-state index contributed by atoms with van der Waals surface area (Å²) in [4.78, 5) is 0.655. The molecular formula is C13H7F3N2OS. The summed E-state index contributed by atoms with van der Waals surface area (Å²) >= 11 is 1.32. The maximum absolute atomic E-state index is 13.8. The van der Waals surface area contributed by atoms with Crippen LogP contribution in [-0.2, 0) is 0 Å². The van der Waals surface area contributed by atoms with Crippen LogP contribution >= 0.6 is 11.3 Å². The third-order valence-corrected chi connectivity index (χ3v) is 3.61. The standard InChI is InChI=1S/C13H7F3N2OS/c14-6-4-7(15)10(8(16)5-6)12-11(13(17)18-19-12)9-2-1-3-20-9/h1-5H,(H2,17,18). The molecule has 0 radical (unpaired) electrons. The van der Waals surface area contributed by atoms with E-state index in [2.05, 4.69) is 5.16 Å². The van der Waals surface area contributed by atoms with Gasteiger partial charge in [0.2, 0.25) is 0 Å². The van der Waals surface area contributed by atoms with Crippen LogP contribution in [0.5, 0.6) is 0 Å². The van der Waals surface area contributed by atoms with Gasteiger partial charge >= 0.3 is 0 Å². The summed E-state index contributed by atoms with van der Waals surface area (Å²) in [6.07, 6.45) is 0. The van der Waals surface area contributed by atoms with Crippen LogP contribution in [0.25, 0.3) is 21.8 Å². The highest BCUT2D eigenvalue weighted by Crippen LogP contribution is 2.40. The minimum Gasteiger partial charge on any atom is -0.380 e. The second-order valence-electron chi connectivity index (χ2n) is 3.99. The fourth-order valence-corrected chi connectivity index (χ4v) is 2.67. The molecule has 102 valence electrons. The van der Waals surface area contributed by atoms with E-state index in [9.17, 15) is 13.2 Å². The number of hydrogen-bond acceptors (Lipinski definition) is 4. The average Bonchev–Trinajstić information content (AvgIpc) is 2.97. The predicted octanol–water partition coefficient (Wildman–Crippen LogP) is 4.07. The molecule has 1 aromatic carbocycles. The molecule has 0 aliphatic heterocycles. The summed E-state index contributed by atoms with van der Waals surface area (Å²) in [5.41, 5.74) is 5.49. The molecule has 3 rings (SSSR count). The van der Waals surface area contributed by atoms with Gasteiger partial charge in [-0.15, -0.1) is 11.3 Å². The fourth-order valence-electron chi connectivity index (χ4n) is 1.89. The van der Waals surface area contributed by atoms with Crippen LogP contribution in [0.1, 0.15) is 0 Å². The molecule has 3 nitrogen and oxygen atoms in total. The Kier molecular flexibility index (Phi) is 2.98. The van der Waals surface area contributed by atoms with Gasteiger partial charge in [-0.05, 0) is 11.4 Å². The zero-order valence-electron chi connectivity index (χ0n) is 9.86. The van der Waals surface area contributed by atoms with Crippen molar-refractivity contribution < 1.29 is 17.7 Å². The van der Waals surface area contributed by atoms with Crippen molar-refractivity contribution in [2.75, 3.05) is 5.73 Å². The van der Waals surface area contributed by atoms with E-state index in [4.69, 9.17) is 10.3 Å². The molecule has 0 saturated heterocycles. The monoisotopic (exact) mass is 296 g/mol. The molecular weight excluding hydrogens is 289 g/mol. The minimum atomic E-state index is -1.07. The number of nitrogen functional groups attached to an aromatic ring is 1. The van der Waals surface area contributed by atoms with Gasteiger partial charge in [-0.2, -0.15) is 0 Å². The zero-order valence-corrected chi connectivity index (χ0v) is 10.7. The van der Waals surface area contributed by atoms with E-state index in [-0.39, 0.29) is 11.6 Å². The highest BCUT2D eigenvalue weighted by Gasteiger charge is 2.24. The van der Waals surface area contributed by atoms with E-state index in [1.54, 1.807) is 17.5 Å². The van der Waals surface area contributed by atoms with Gasteiger partial charge in [-0.3, -0.25) is 0 Å². The number of anilines is 1. The molecule has 2 N–H and O–H groups in total. The molecule has 0 fully saturated rings. The van der Waals surface area contributed by atoms with Crippen molar-refractivity contribution in [1.29, 1.82) is 0 Å². The van der Waals surface area contributed by atoms with Gasteiger partial charge < -0.3 is 10.3 Å². The lowest BCUT2D eigenvalue weighted by Crippen LogP contribution is -1.93. The zero-order chi connectivity index (χ0) is 14.3. The van der Waals surface area contributed by atoms with Crippen molar-refractivity contribution in [3.63, 3.8) is 0 Å². The van der Waals surface area contributed by atoms with Crippen LogP contribution < -0.4 is 5.73 Å². The molecule has 0 saturated carbocycles. The summed E-state index contributed by atoms with van der Waals surface area (Å²) in [5.74, 6) is -3.28. The first-order chi connectivity index (χ1) is 9.58. The van der Waals surface area contributed by atoms with E-state index in [1.165, 1.54) is 11.3 Å². The molecule has 2 aromatic heterocycles. The van der Waals surface area contributed by atoms with Crippen LogP contribution in [0.4, 0.5) is 19.0 Å². The Morgan fingerprint density at radius 2 is 1.80 bits per heavy atom. The van der Waals surface area contributed by atoms with Gasteiger partial charge in [0.05, 0.1) is 11.1 Å². The quantitative estimate of drug-likeness (QED) is 0.775. The van der Waals surface area contributed by atoms with E-state index in [1.807, 2.05) is 0 Å². The number of nitrogens with two attached hydrogens (primary N) is 1. The highest BCUT2D eigenvalue weighted by atomic mass is 32.1. The summed E-state index contributed by atoms with van der Waals surface area (Å²) in [7, 11) is 0. The van der Waals surface area contributed by atoms with E-state index in [0.29, 0.717) is 22.6 Å². The van der Waals surface area contributed by atoms with Crippen LogP contribution in [0.2, 0.25) is 0 Å². The first kappa shape index (κ1) is 12.7. The summed E-state index contributed by atoms with van der Waals surface area (Å²) in [6, 6.07) is 4.63. The Hall–Kier alpha value is -2.28. The molecule has 2 heterocycles. The van der Waals surface area contributed by atoms with Crippen molar-refractivity contribution in [3.05, 3.63) is 47.1 Å². The molecule has 0 aliphatic rings. The highest BCUT2D eigenvalue weighted by molar-refractivity contribution is 7.13. The van der Waals surface area contributed by atoms with Crippen LogP contribution in [0, 0.1) is 17.5 Å². The van der Waals surface area contributed by atoms with Crippen LogP contribution in [0.3, 0.4) is 0 Å². The second kappa shape index (κ2) is 4.68. The maximum atomic E-state index is 13.8. The maximum Gasteiger partial charge on any atom is 0.183 e. The number of aromatic nitrogens is 1. The first-order valence-corrected chi connectivity index (χ1v) is 6.40. The Bertz CT molecular complexity index is 745. The van der Waals surface area contributed by atoms with Crippen molar-refractivity contribution >= 4 is 17.2 Å². The number of rotatable bonds is 2. The summed E-state index contributed by atoms with van der Waals surface area (Å²) in [6.45, 7) is 0. The SMILES string of the molecule is Nc1noc(-c2c(F)cc(F)cc2F)c1-c1cccs1. The Morgan fingerprint density at radius 1 is 1.10 bits per heavy atom. The summed E-state index contributed by atoms with van der Waals surface area (Å²) < 4.78 is 45.5. The van der Waals surface area contributed by atoms with Gasteiger partial charge in [0.15, 0.2) is 11.6 Å². The molecule has 3 aromatic rings. The van der Waals surface area contributed by atoms with Gasteiger partial charge in [-0.1, -0.05) is 11.2 Å².